The topological polar surface area (TPSA) is 166 Å². The van der Waals surface area contributed by atoms with Crippen LogP contribution < -0.4 is 10.5 Å². The molecular formula is C30H52N2O9. The van der Waals surface area contributed by atoms with Crippen molar-refractivity contribution in [3.05, 3.63) is 29.8 Å². The summed E-state index contributed by atoms with van der Waals surface area (Å²) >= 11 is 0. The number of nitrogens with zero attached hydrogens (tertiary/aromatic N) is 1. The van der Waals surface area contributed by atoms with Crippen molar-refractivity contribution in [2.45, 2.75) is 76.3 Å². The summed E-state index contributed by atoms with van der Waals surface area (Å²) in [5.74, 6) is 0.542. The molecule has 0 bridgehead atoms. The number of aliphatic hydroxyl groups is 3. The van der Waals surface area contributed by atoms with Crippen molar-refractivity contribution < 1.29 is 43.7 Å². The van der Waals surface area contributed by atoms with Gasteiger partial charge >= 0.3 is 0 Å². The van der Waals surface area contributed by atoms with E-state index in [1.165, 1.54) is 0 Å². The van der Waals surface area contributed by atoms with Gasteiger partial charge in [0.05, 0.1) is 55.9 Å². The van der Waals surface area contributed by atoms with Gasteiger partial charge in [-0.05, 0) is 71.1 Å². The minimum Gasteiger partial charge on any atom is -0.491 e. The van der Waals surface area contributed by atoms with Crippen LogP contribution in [0.15, 0.2) is 24.3 Å². The summed E-state index contributed by atoms with van der Waals surface area (Å²) < 4.78 is 33.8. The lowest BCUT2D eigenvalue weighted by Gasteiger charge is -2.30. The number of benzene rings is 1. The van der Waals surface area contributed by atoms with Crippen LogP contribution in [0.3, 0.4) is 0 Å². The van der Waals surface area contributed by atoms with Crippen LogP contribution in [0.25, 0.3) is 0 Å². The van der Waals surface area contributed by atoms with E-state index in [2.05, 4.69) is 19.9 Å². The maximum absolute atomic E-state index is 10.1. The van der Waals surface area contributed by atoms with Crippen LogP contribution in [-0.4, -0.2) is 111 Å². The van der Waals surface area contributed by atoms with E-state index in [-0.39, 0.29) is 45.2 Å². The summed E-state index contributed by atoms with van der Waals surface area (Å²) in [4.78, 5) is 0. The van der Waals surface area contributed by atoms with E-state index in [0.29, 0.717) is 50.7 Å². The van der Waals surface area contributed by atoms with Gasteiger partial charge in [-0.15, -0.1) is 0 Å². The zero-order valence-electron chi connectivity index (χ0n) is 25.1. The molecule has 1 rings (SSSR count). The Balaban J connectivity index is 2.10. The molecule has 0 aromatic heterocycles. The second-order valence-electron chi connectivity index (χ2n) is 10.9. The van der Waals surface area contributed by atoms with Gasteiger partial charge in [0.2, 0.25) is 0 Å². The molecule has 0 spiro atoms. The van der Waals surface area contributed by atoms with Crippen LogP contribution in [0, 0.1) is 11.3 Å². The highest BCUT2D eigenvalue weighted by Gasteiger charge is 2.24. The summed E-state index contributed by atoms with van der Waals surface area (Å²) in [6, 6.07) is 8.86. The van der Waals surface area contributed by atoms with E-state index in [4.69, 9.17) is 44.5 Å². The van der Waals surface area contributed by atoms with E-state index in [1.54, 1.807) is 24.3 Å². The second kappa shape index (κ2) is 21.8. The standard InChI is InChI=1S/C30H52N2O9/c1-29(2,10-5-13-36-22-27(35)23-39-28-9-4-8-25(18-28)19-31)40-15-6-11-30(3,24-32)41-16-7-14-37-20-26(34)21-38-17-12-33/h4,8-9,18,26-27,33-35H,5-7,10-17,20-24,32H2,1-3H3. The lowest BCUT2D eigenvalue weighted by atomic mass is 9.99. The number of aliphatic hydroxyl groups excluding tert-OH is 3. The van der Waals surface area contributed by atoms with E-state index in [0.717, 1.165) is 25.7 Å². The number of nitrogens with two attached hydrogens (primary N) is 1. The summed E-state index contributed by atoms with van der Waals surface area (Å²) in [7, 11) is 0. The predicted octanol–water partition coefficient (Wildman–Crippen LogP) is 2.18. The van der Waals surface area contributed by atoms with Crippen molar-refractivity contribution in [3.8, 4) is 11.8 Å². The van der Waals surface area contributed by atoms with Gasteiger partial charge in [-0.3, -0.25) is 0 Å². The highest BCUT2D eigenvalue weighted by Crippen LogP contribution is 2.21. The first-order valence-corrected chi connectivity index (χ1v) is 14.4. The predicted molar refractivity (Wildman–Crippen MR) is 155 cm³/mol. The number of nitriles is 1. The van der Waals surface area contributed by atoms with Crippen molar-refractivity contribution >= 4 is 0 Å². The third-order valence-corrected chi connectivity index (χ3v) is 6.30. The average Bonchev–Trinajstić information content (AvgIpc) is 2.96. The van der Waals surface area contributed by atoms with Gasteiger partial charge < -0.3 is 49.5 Å². The Morgan fingerprint density at radius 1 is 0.829 bits per heavy atom. The van der Waals surface area contributed by atoms with Crippen molar-refractivity contribution in [2.75, 3.05) is 72.6 Å². The quantitative estimate of drug-likeness (QED) is 0.118. The maximum atomic E-state index is 10.1. The number of ether oxygens (including phenoxy) is 6. The van der Waals surface area contributed by atoms with E-state index < -0.39 is 17.8 Å². The first kappa shape index (κ1) is 37.2. The van der Waals surface area contributed by atoms with Crippen LogP contribution >= 0.6 is 0 Å². The molecule has 3 unspecified atom stereocenters. The lowest BCUT2D eigenvalue weighted by molar-refractivity contribution is -0.0642. The Kier molecular flexibility index (Phi) is 19.8. The number of rotatable bonds is 26. The maximum Gasteiger partial charge on any atom is 0.120 e. The van der Waals surface area contributed by atoms with Crippen molar-refractivity contribution in [1.29, 1.82) is 5.26 Å². The molecule has 0 heterocycles. The molecule has 236 valence electrons. The molecule has 0 aliphatic rings. The van der Waals surface area contributed by atoms with Gasteiger partial charge in [0.25, 0.3) is 0 Å². The van der Waals surface area contributed by atoms with Gasteiger partial charge in [0.15, 0.2) is 0 Å². The lowest BCUT2D eigenvalue weighted by Crippen LogP contribution is -2.38. The van der Waals surface area contributed by atoms with Crippen LogP contribution in [0.2, 0.25) is 0 Å². The SMILES string of the molecule is CC(C)(CCCOCC(O)COc1cccc(C#N)c1)OCCCC(C)(CN)OCCCOCC(O)COCCO. The second-order valence-corrected chi connectivity index (χ2v) is 10.9. The molecule has 0 fully saturated rings. The van der Waals surface area contributed by atoms with Gasteiger partial charge in [0, 0.05) is 33.0 Å². The molecule has 3 atom stereocenters. The fraction of sp³-hybridized carbons (Fsp3) is 0.767. The van der Waals surface area contributed by atoms with Crippen molar-refractivity contribution in [3.63, 3.8) is 0 Å². The monoisotopic (exact) mass is 584 g/mol. The summed E-state index contributed by atoms with van der Waals surface area (Å²) in [6.07, 6.45) is 2.40. The van der Waals surface area contributed by atoms with Crippen LogP contribution in [-0.2, 0) is 23.7 Å². The number of hydrogen-bond acceptors (Lipinski definition) is 11. The van der Waals surface area contributed by atoms with E-state index >= 15 is 0 Å². The molecule has 0 amide bonds. The molecule has 0 saturated heterocycles. The highest BCUT2D eigenvalue weighted by molar-refractivity contribution is 5.36. The van der Waals surface area contributed by atoms with Gasteiger partial charge in [-0.25, -0.2) is 0 Å². The Labute approximate surface area is 245 Å². The molecule has 41 heavy (non-hydrogen) atoms. The molecule has 5 N–H and O–H groups in total. The molecule has 0 saturated carbocycles. The van der Waals surface area contributed by atoms with Crippen LogP contribution in [0.5, 0.6) is 5.75 Å². The fourth-order valence-corrected chi connectivity index (χ4v) is 3.85. The summed E-state index contributed by atoms with van der Waals surface area (Å²) in [5, 5.41) is 37.4. The molecular weight excluding hydrogens is 532 g/mol. The number of hydrogen-bond donors (Lipinski definition) is 4. The Bertz CT molecular complexity index is 836. The van der Waals surface area contributed by atoms with Crippen LogP contribution in [0.1, 0.15) is 58.4 Å². The average molecular weight is 585 g/mol. The zero-order chi connectivity index (χ0) is 30.4. The van der Waals surface area contributed by atoms with Crippen molar-refractivity contribution in [2.24, 2.45) is 5.73 Å². The first-order chi connectivity index (χ1) is 19.6. The van der Waals surface area contributed by atoms with Gasteiger partial charge in [-0.1, -0.05) is 6.07 Å². The largest absolute Gasteiger partial charge is 0.491 e. The van der Waals surface area contributed by atoms with Gasteiger partial charge in [-0.2, -0.15) is 5.26 Å². The molecule has 11 heteroatoms. The third kappa shape index (κ3) is 19.1. The highest BCUT2D eigenvalue weighted by atomic mass is 16.5. The zero-order valence-corrected chi connectivity index (χ0v) is 25.1. The van der Waals surface area contributed by atoms with Crippen molar-refractivity contribution in [1.82, 2.24) is 0 Å². The summed E-state index contributed by atoms with van der Waals surface area (Å²) in [5.41, 5.74) is 5.74. The Hall–Kier alpha value is -1.85. The normalized spacial score (nSPS) is 14.8. The molecule has 0 radical (unpaired) electrons. The smallest absolute Gasteiger partial charge is 0.120 e. The van der Waals surface area contributed by atoms with E-state index in [9.17, 15) is 10.2 Å². The Morgan fingerprint density at radius 2 is 1.44 bits per heavy atom. The minimum atomic E-state index is -0.757. The molecule has 1 aromatic rings. The fourth-order valence-electron chi connectivity index (χ4n) is 3.85. The molecule has 0 aliphatic carbocycles. The molecule has 1 aromatic carbocycles. The van der Waals surface area contributed by atoms with Gasteiger partial charge in [0.1, 0.15) is 24.6 Å². The van der Waals surface area contributed by atoms with Crippen LogP contribution in [0.4, 0.5) is 0 Å². The van der Waals surface area contributed by atoms with E-state index in [1.807, 2.05) is 6.92 Å². The Morgan fingerprint density at radius 3 is 2.10 bits per heavy atom. The summed E-state index contributed by atoms with van der Waals surface area (Å²) in [6.45, 7) is 9.29. The molecule has 0 aliphatic heterocycles. The molecule has 11 nitrogen and oxygen atoms in total. The third-order valence-electron chi connectivity index (χ3n) is 6.30. The first-order valence-electron chi connectivity index (χ1n) is 14.4. The minimum absolute atomic E-state index is 0.0714.